The molecular weight excluding hydrogens is 672 g/mol. The fourth-order valence-electron chi connectivity index (χ4n) is 1.65. The number of phosphoric acid groups is 1. The number of aliphatic hydroxyl groups excluding tert-OH is 6. The Kier molecular flexibility index (Phi) is 23.3. The van der Waals surface area contributed by atoms with E-state index in [-0.39, 0.29) is 49.6 Å². The smallest absolute Gasteiger partial charge is 0.466 e. The number of benzene rings is 1. The van der Waals surface area contributed by atoms with Crippen LogP contribution in [-0.2, 0) is 14.1 Å². The van der Waals surface area contributed by atoms with Gasteiger partial charge in [0.1, 0.15) is 10.0 Å². The van der Waals surface area contributed by atoms with E-state index >= 15 is 0 Å². The highest BCUT2D eigenvalue weighted by atomic mass is 35.5. The number of phenolic OH excluding ortho intramolecular Hbond substituents is 1. The van der Waals surface area contributed by atoms with Crippen molar-refractivity contribution in [3.63, 3.8) is 0 Å². The molecule has 0 aliphatic carbocycles. The van der Waals surface area contributed by atoms with Crippen LogP contribution in [-0.4, -0.2) is 114 Å². The molecule has 11 N–H and O–H groups in total. The average Bonchev–Trinajstić information content (AvgIpc) is 2.90. The molecule has 0 saturated carbocycles. The zero-order valence-electron chi connectivity index (χ0n) is 20.8. The van der Waals surface area contributed by atoms with Gasteiger partial charge in [-0.3, -0.25) is 0 Å². The van der Waals surface area contributed by atoms with E-state index in [0.717, 1.165) is 0 Å². The first kappa shape index (κ1) is 44.0. The van der Waals surface area contributed by atoms with Gasteiger partial charge in [-0.2, -0.15) is 0 Å². The summed E-state index contributed by atoms with van der Waals surface area (Å²) in [4.78, 5) is 31.2. The van der Waals surface area contributed by atoms with Crippen molar-refractivity contribution in [1.82, 2.24) is 0 Å². The second kappa shape index (κ2) is 21.2. The molecular formula is C20H32Cl5O14P. The number of rotatable bonds is 11. The number of ether oxygens (including phenoxy) is 1. The van der Waals surface area contributed by atoms with Crippen molar-refractivity contribution >= 4 is 71.8 Å². The van der Waals surface area contributed by atoms with Gasteiger partial charge in [0.25, 0.3) is 0 Å². The first-order valence-electron chi connectivity index (χ1n) is 10.3. The quantitative estimate of drug-likeness (QED) is 0.0672. The molecule has 14 nitrogen and oxygen atoms in total. The van der Waals surface area contributed by atoms with Gasteiger partial charge in [0.15, 0.2) is 5.75 Å². The lowest BCUT2D eigenvalue weighted by molar-refractivity contribution is -0.132. The summed E-state index contributed by atoms with van der Waals surface area (Å²) in [7, 11) is -4.64. The maximum atomic E-state index is 9.60. The van der Waals surface area contributed by atoms with E-state index in [1.165, 1.54) is 6.92 Å². The summed E-state index contributed by atoms with van der Waals surface area (Å²) in [5.41, 5.74) is -2.15. The Morgan fingerprint density at radius 3 is 1.10 bits per heavy atom. The number of aliphatic hydroxyl groups is 6. The minimum absolute atomic E-state index is 0.00904. The minimum atomic E-state index is -4.64. The lowest BCUT2D eigenvalue weighted by Gasteiger charge is -2.31. The van der Waals surface area contributed by atoms with Gasteiger partial charge in [-0.1, -0.05) is 64.6 Å². The Bertz CT molecular complexity index is 806. The molecule has 1 aromatic carbocycles. The van der Waals surface area contributed by atoms with Crippen LogP contribution in [0.15, 0.2) is 12.2 Å². The van der Waals surface area contributed by atoms with Crippen LogP contribution in [0, 0.1) is 10.8 Å². The molecule has 0 bridgehead atoms. The van der Waals surface area contributed by atoms with Crippen molar-refractivity contribution in [2.45, 2.75) is 6.92 Å². The van der Waals surface area contributed by atoms with Crippen LogP contribution < -0.4 is 0 Å². The molecule has 0 aromatic heterocycles. The summed E-state index contributed by atoms with van der Waals surface area (Å²) in [5.74, 6) is -1.30. The maximum absolute atomic E-state index is 9.60. The van der Waals surface area contributed by atoms with E-state index < -0.39 is 64.3 Å². The van der Waals surface area contributed by atoms with Gasteiger partial charge in [-0.15, -0.1) is 0 Å². The fourth-order valence-corrected chi connectivity index (χ4v) is 2.78. The largest absolute Gasteiger partial charge is 0.505 e. The van der Waals surface area contributed by atoms with Crippen molar-refractivity contribution in [2.24, 2.45) is 10.8 Å². The molecule has 1 rings (SSSR count). The summed E-state index contributed by atoms with van der Waals surface area (Å²) < 4.78 is 14.0. The first-order valence-corrected chi connectivity index (χ1v) is 13.7. The van der Waals surface area contributed by atoms with Gasteiger partial charge in [-0.25, -0.2) is 9.36 Å². The molecule has 0 saturated heterocycles. The van der Waals surface area contributed by atoms with Gasteiger partial charge >= 0.3 is 13.8 Å². The number of hydrogen-bond donors (Lipinski definition) is 11. The molecule has 40 heavy (non-hydrogen) atoms. The van der Waals surface area contributed by atoms with Crippen LogP contribution in [0.25, 0.3) is 0 Å². The normalized spacial score (nSPS) is 11.3. The van der Waals surface area contributed by atoms with Crippen LogP contribution in [0.1, 0.15) is 6.92 Å². The molecule has 0 radical (unpaired) electrons. The Hall–Kier alpha value is -0.490. The first-order chi connectivity index (χ1) is 18.2. The van der Waals surface area contributed by atoms with Gasteiger partial charge in [0, 0.05) is 5.57 Å². The third-order valence-electron chi connectivity index (χ3n) is 4.38. The van der Waals surface area contributed by atoms with Crippen LogP contribution in [0.3, 0.4) is 0 Å². The van der Waals surface area contributed by atoms with Crippen LogP contribution in [0.4, 0.5) is 0 Å². The number of aliphatic carboxylic acids is 1. The predicted octanol–water partition coefficient (Wildman–Crippen LogP) is 1.31. The Morgan fingerprint density at radius 2 is 0.925 bits per heavy atom. The number of hydrogen-bond acceptors (Lipinski definition) is 10. The highest BCUT2D eigenvalue weighted by molar-refractivity contribution is 7.45. The molecule has 0 amide bonds. The number of carbonyl (C=O) groups is 1. The molecule has 20 heteroatoms. The summed E-state index contributed by atoms with van der Waals surface area (Å²) in [6.07, 6.45) is 0. The van der Waals surface area contributed by atoms with E-state index in [1.54, 1.807) is 0 Å². The van der Waals surface area contributed by atoms with Crippen LogP contribution in [0.2, 0.25) is 25.1 Å². The number of phenols is 1. The SMILES string of the molecule is C=C(C)C(=O)O.O=P(O)(O)O.OCC(CO)(CO)COCC(CO)(CO)CO.Oc1c(Cl)c(Cl)c(Cl)c(Cl)c1Cl. The lowest BCUT2D eigenvalue weighted by Crippen LogP contribution is -2.43. The molecule has 0 aliphatic heterocycles. The molecule has 1 aromatic rings. The van der Waals surface area contributed by atoms with E-state index in [4.69, 9.17) is 118 Å². The third kappa shape index (κ3) is 17.5. The lowest BCUT2D eigenvalue weighted by atomic mass is 9.91. The topological polar surface area (TPSA) is 266 Å². The zero-order valence-corrected chi connectivity index (χ0v) is 25.5. The standard InChI is InChI=1S/C10H22O7.C6HCl5O.C4H6O2.H3O4P/c11-1-9(2-12,3-13)7-17-8-10(4-14,5-15)6-16;7-1-2(8)4(10)6(12)5(11)3(1)9;1-3(2)4(5)6;1-5(2,3)4/h11-16H,1-8H2;12H;1H2,2H3,(H,5,6);(H3,1,2,3,4). The van der Waals surface area contributed by atoms with Crippen LogP contribution in [0.5, 0.6) is 5.75 Å². The Morgan fingerprint density at radius 1 is 0.725 bits per heavy atom. The molecule has 0 aliphatic rings. The van der Waals surface area contributed by atoms with Gasteiger partial charge in [0.05, 0.1) is 78.8 Å². The monoisotopic (exact) mass is 702 g/mol. The van der Waals surface area contributed by atoms with Crippen molar-refractivity contribution in [3.8, 4) is 5.75 Å². The van der Waals surface area contributed by atoms with Gasteiger partial charge < -0.3 is 60.3 Å². The van der Waals surface area contributed by atoms with Crippen molar-refractivity contribution in [3.05, 3.63) is 37.3 Å². The minimum Gasteiger partial charge on any atom is -0.505 e. The second-order valence-electron chi connectivity index (χ2n) is 7.96. The summed E-state index contributed by atoms with van der Waals surface area (Å²) in [6, 6.07) is 0. The highest BCUT2D eigenvalue weighted by Crippen LogP contribution is 2.47. The molecule has 0 heterocycles. The number of halogens is 5. The number of carboxylic acid groups (broad SMARTS) is 1. The summed E-state index contributed by atoms with van der Waals surface area (Å²) >= 11 is 27.9. The maximum Gasteiger partial charge on any atom is 0.466 e. The van der Waals surface area contributed by atoms with E-state index in [2.05, 4.69) is 6.58 Å². The van der Waals surface area contributed by atoms with Gasteiger partial charge in [-0.05, 0) is 6.92 Å². The molecule has 0 fully saturated rings. The average molecular weight is 705 g/mol. The van der Waals surface area contributed by atoms with Crippen molar-refractivity contribution in [1.29, 1.82) is 0 Å². The van der Waals surface area contributed by atoms with Gasteiger partial charge in [0.2, 0.25) is 0 Å². The summed E-state index contributed by atoms with van der Waals surface area (Å²) in [5, 5.41) is 71.1. The third-order valence-corrected chi connectivity index (χ3v) is 6.64. The highest BCUT2D eigenvalue weighted by Gasteiger charge is 2.32. The Labute approximate surface area is 254 Å². The molecule has 0 spiro atoms. The second-order valence-corrected chi connectivity index (χ2v) is 10.9. The van der Waals surface area contributed by atoms with Crippen LogP contribution >= 0.6 is 65.8 Å². The predicted molar refractivity (Wildman–Crippen MR) is 148 cm³/mol. The van der Waals surface area contributed by atoms with Crippen molar-refractivity contribution < 1.29 is 69.6 Å². The Balaban J connectivity index is -0.000000513. The molecule has 236 valence electrons. The molecule has 0 atom stereocenters. The number of carboxylic acids is 1. The van der Waals surface area contributed by atoms with E-state index in [1.807, 2.05) is 0 Å². The van der Waals surface area contributed by atoms with Crippen molar-refractivity contribution in [2.75, 3.05) is 52.9 Å². The fraction of sp³-hybridized carbons (Fsp3) is 0.550. The zero-order chi connectivity index (χ0) is 32.5. The van der Waals surface area contributed by atoms with E-state index in [9.17, 15) is 9.90 Å². The van der Waals surface area contributed by atoms with E-state index in [0.29, 0.717) is 0 Å². The molecule has 0 unspecified atom stereocenters. The summed E-state index contributed by atoms with van der Waals surface area (Å²) in [6.45, 7) is 1.60. The number of aromatic hydroxyl groups is 1.